The largest absolute Gasteiger partial charge is 0.465 e. The molecule has 3 atom stereocenters. The molecule has 2 rings (SSSR count). The average molecular weight is 507 g/mol. The lowest BCUT2D eigenvalue weighted by Crippen LogP contribution is -2.52. The van der Waals surface area contributed by atoms with Crippen LogP contribution in [0.15, 0.2) is 18.2 Å². The van der Waals surface area contributed by atoms with Gasteiger partial charge in [0.15, 0.2) is 5.12 Å². The maximum Gasteiger partial charge on any atom is 0.326 e. The van der Waals surface area contributed by atoms with Gasteiger partial charge in [-0.15, -0.1) is 0 Å². The molecule has 0 bridgehead atoms. The Morgan fingerprint density at radius 3 is 2.54 bits per heavy atom. The monoisotopic (exact) mass is 506 g/mol. The molecule has 0 aromatic heterocycles. The van der Waals surface area contributed by atoms with E-state index in [1.54, 1.807) is 25.1 Å². The first-order chi connectivity index (χ1) is 16.6. The van der Waals surface area contributed by atoms with E-state index >= 15 is 0 Å². The summed E-state index contributed by atoms with van der Waals surface area (Å²) < 4.78 is 5.06. The number of amides is 4. The van der Waals surface area contributed by atoms with Gasteiger partial charge < -0.3 is 20.7 Å². The minimum absolute atomic E-state index is 0.0732. The molecule has 1 unspecified atom stereocenters. The van der Waals surface area contributed by atoms with Crippen LogP contribution in [0.25, 0.3) is 0 Å². The fraction of sp³-hybridized carbons (Fsp3) is 0.542. The van der Waals surface area contributed by atoms with Gasteiger partial charge in [0.2, 0.25) is 11.8 Å². The van der Waals surface area contributed by atoms with Crippen LogP contribution in [0.5, 0.6) is 0 Å². The first kappa shape index (κ1) is 28.2. The third-order valence-corrected chi connectivity index (χ3v) is 7.01. The van der Waals surface area contributed by atoms with Crippen molar-refractivity contribution in [3.8, 4) is 0 Å². The first-order valence-electron chi connectivity index (χ1n) is 11.7. The van der Waals surface area contributed by atoms with Gasteiger partial charge in [-0.25, -0.2) is 4.79 Å². The number of rotatable bonds is 9. The SMILES string of the molecule is CCOC(=O)CN1C(=O)C(NC(=O)[C@@H](SC(C)=O)[C@@H](C)CC)CCc2cc(NC(=O)NC)ccc21. The summed E-state index contributed by atoms with van der Waals surface area (Å²) in [5.41, 5.74) is 1.78. The number of nitrogens with one attached hydrogen (secondary N) is 3. The van der Waals surface area contributed by atoms with Crippen molar-refractivity contribution in [2.24, 2.45) is 5.92 Å². The molecule has 1 aliphatic rings. The molecule has 192 valence electrons. The summed E-state index contributed by atoms with van der Waals surface area (Å²) in [6, 6.07) is 3.77. The van der Waals surface area contributed by atoms with E-state index < -0.39 is 23.2 Å². The Morgan fingerprint density at radius 2 is 1.94 bits per heavy atom. The summed E-state index contributed by atoms with van der Waals surface area (Å²) in [5.74, 6) is -1.47. The third-order valence-electron chi connectivity index (χ3n) is 5.74. The van der Waals surface area contributed by atoms with Crippen molar-refractivity contribution in [1.82, 2.24) is 10.6 Å². The summed E-state index contributed by atoms with van der Waals surface area (Å²) in [5, 5.41) is 7.19. The molecule has 1 heterocycles. The highest BCUT2D eigenvalue weighted by Crippen LogP contribution is 2.31. The van der Waals surface area contributed by atoms with E-state index in [9.17, 15) is 24.0 Å². The van der Waals surface area contributed by atoms with Crippen LogP contribution in [-0.2, 0) is 30.3 Å². The second-order valence-corrected chi connectivity index (χ2v) is 9.61. The molecule has 1 aromatic rings. The number of esters is 1. The number of anilines is 2. The Morgan fingerprint density at radius 1 is 1.23 bits per heavy atom. The number of ether oxygens (including phenoxy) is 1. The Kier molecular flexibility index (Phi) is 10.6. The molecule has 1 aliphatic heterocycles. The van der Waals surface area contributed by atoms with Crippen molar-refractivity contribution < 1.29 is 28.7 Å². The molecule has 10 nitrogen and oxygen atoms in total. The van der Waals surface area contributed by atoms with Gasteiger partial charge in [0.25, 0.3) is 0 Å². The number of benzene rings is 1. The molecule has 0 saturated carbocycles. The standard InChI is InChI=1S/C24H34N4O6S/c1-6-14(3)21(35-15(4)29)22(31)27-18-10-8-16-12-17(26-24(33)25-5)9-11-19(16)28(23(18)32)13-20(30)34-7-2/h9,11-12,14,18,21H,6-8,10,13H2,1-5H3,(H,27,31)(H2,25,26,33)/t14-,18?,21-/m0/s1. The molecule has 35 heavy (non-hydrogen) atoms. The van der Waals surface area contributed by atoms with E-state index in [1.165, 1.54) is 18.9 Å². The van der Waals surface area contributed by atoms with Gasteiger partial charge in [-0.3, -0.25) is 24.1 Å². The summed E-state index contributed by atoms with van der Waals surface area (Å²) in [6.45, 7) is 6.76. The zero-order valence-corrected chi connectivity index (χ0v) is 21.6. The maximum atomic E-state index is 13.5. The number of nitrogens with zero attached hydrogens (tertiary/aromatic N) is 1. The number of carbonyl (C=O) groups excluding carboxylic acids is 5. The Hall–Kier alpha value is -3.08. The van der Waals surface area contributed by atoms with Crippen molar-refractivity contribution in [1.29, 1.82) is 0 Å². The van der Waals surface area contributed by atoms with Crippen LogP contribution in [0.3, 0.4) is 0 Å². The minimum atomic E-state index is -0.890. The molecule has 0 spiro atoms. The highest BCUT2D eigenvalue weighted by atomic mass is 32.2. The highest BCUT2D eigenvalue weighted by Gasteiger charge is 2.35. The van der Waals surface area contributed by atoms with Crippen molar-refractivity contribution in [2.45, 2.75) is 58.2 Å². The molecular weight excluding hydrogens is 472 g/mol. The molecule has 3 N–H and O–H groups in total. The number of hydrogen-bond donors (Lipinski definition) is 3. The predicted molar refractivity (Wildman–Crippen MR) is 135 cm³/mol. The molecule has 0 fully saturated rings. The molecule has 1 aromatic carbocycles. The molecule has 0 saturated heterocycles. The Labute approximate surface area is 209 Å². The van der Waals surface area contributed by atoms with Gasteiger partial charge in [-0.2, -0.15) is 0 Å². The van der Waals surface area contributed by atoms with Gasteiger partial charge >= 0.3 is 12.0 Å². The lowest BCUT2D eigenvalue weighted by molar-refractivity contribution is -0.142. The second kappa shape index (κ2) is 13.1. The zero-order chi connectivity index (χ0) is 26.1. The summed E-state index contributed by atoms with van der Waals surface area (Å²) in [7, 11) is 1.50. The van der Waals surface area contributed by atoms with Gasteiger partial charge in [0.1, 0.15) is 12.6 Å². The van der Waals surface area contributed by atoms with Gasteiger partial charge in [-0.05, 0) is 49.4 Å². The van der Waals surface area contributed by atoms with E-state index in [2.05, 4.69) is 16.0 Å². The minimum Gasteiger partial charge on any atom is -0.465 e. The van der Waals surface area contributed by atoms with E-state index in [-0.39, 0.29) is 42.5 Å². The van der Waals surface area contributed by atoms with Crippen LogP contribution in [0.1, 0.15) is 46.1 Å². The number of thioether (sulfide) groups is 1. The van der Waals surface area contributed by atoms with Crippen LogP contribution in [0.2, 0.25) is 0 Å². The van der Waals surface area contributed by atoms with Crippen LogP contribution in [0.4, 0.5) is 16.2 Å². The number of hydrogen-bond acceptors (Lipinski definition) is 7. The normalized spacial score (nSPS) is 16.9. The number of urea groups is 1. The third kappa shape index (κ3) is 7.71. The molecule has 0 radical (unpaired) electrons. The van der Waals surface area contributed by atoms with Crippen LogP contribution >= 0.6 is 11.8 Å². The van der Waals surface area contributed by atoms with Gasteiger partial charge in [0, 0.05) is 25.3 Å². The highest BCUT2D eigenvalue weighted by molar-refractivity contribution is 8.14. The van der Waals surface area contributed by atoms with Crippen molar-refractivity contribution in [2.75, 3.05) is 30.4 Å². The van der Waals surface area contributed by atoms with Crippen molar-refractivity contribution in [3.05, 3.63) is 23.8 Å². The molecule has 0 aliphatic carbocycles. The Bertz CT molecular complexity index is 969. The predicted octanol–water partition coefficient (Wildman–Crippen LogP) is 2.46. The lowest BCUT2D eigenvalue weighted by atomic mass is 10.0. The van der Waals surface area contributed by atoms with E-state index in [0.29, 0.717) is 24.2 Å². The number of fused-ring (bicyclic) bond motifs is 1. The summed E-state index contributed by atoms with van der Waals surface area (Å²) >= 11 is 0.954. The molecule has 11 heteroatoms. The molecular formula is C24H34N4O6S. The van der Waals surface area contributed by atoms with Crippen LogP contribution < -0.4 is 20.9 Å². The van der Waals surface area contributed by atoms with Crippen LogP contribution in [-0.4, -0.2) is 60.4 Å². The van der Waals surface area contributed by atoms with E-state index in [0.717, 1.165) is 17.3 Å². The topological polar surface area (TPSA) is 134 Å². The summed E-state index contributed by atoms with van der Waals surface area (Å²) in [6.07, 6.45) is 1.40. The fourth-order valence-electron chi connectivity index (χ4n) is 3.76. The Balaban J connectivity index is 2.36. The maximum absolute atomic E-state index is 13.5. The quantitative estimate of drug-likeness (QED) is 0.438. The molecule has 4 amide bonds. The second-order valence-electron chi connectivity index (χ2n) is 8.29. The zero-order valence-electron chi connectivity index (χ0n) is 20.8. The van der Waals surface area contributed by atoms with Crippen molar-refractivity contribution >= 4 is 52.1 Å². The number of aryl methyl sites for hydroxylation is 1. The average Bonchev–Trinajstić information content (AvgIpc) is 2.94. The van der Waals surface area contributed by atoms with E-state index in [4.69, 9.17) is 4.74 Å². The van der Waals surface area contributed by atoms with Gasteiger partial charge in [-0.1, -0.05) is 32.0 Å². The van der Waals surface area contributed by atoms with Crippen molar-refractivity contribution in [3.63, 3.8) is 0 Å². The smallest absolute Gasteiger partial charge is 0.326 e. The first-order valence-corrected chi connectivity index (χ1v) is 12.5. The van der Waals surface area contributed by atoms with Gasteiger partial charge in [0.05, 0.1) is 11.9 Å². The van der Waals surface area contributed by atoms with Crippen LogP contribution in [0, 0.1) is 5.92 Å². The van der Waals surface area contributed by atoms with E-state index in [1.807, 2.05) is 13.8 Å². The fourth-order valence-corrected chi connectivity index (χ4v) is 4.72. The summed E-state index contributed by atoms with van der Waals surface area (Å²) in [4.78, 5) is 63.7. The lowest BCUT2D eigenvalue weighted by Gasteiger charge is -2.27. The number of carbonyl (C=O) groups is 5.